The summed E-state index contributed by atoms with van der Waals surface area (Å²) in [6, 6.07) is 1.82. The normalized spacial score (nSPS) is 31.0. The van der Waals surface area contributed by atoms with Crippen LogP contribution in [-0.2, 0) is 9.47 Å². The number of rotatable bonds is 5. The van der Waals surface area contributed by atoms with E-state index in [2.05, 4.69) is 10.5 Å². The summed E-state index contributed by atoms with van der Waals surface area (Å²) in [5, 5.41) is 6.93. The number of carbonyl (C=O) groups is 1. The lowest BCUT2D eigenvalue weighted by molar-refractivity contribution is -0.0810. The summed E-state index contributed by atoms with van der Waals surface area (Å²) >= 11 is 0. The molecule has 2 aliphatic rings. The molecule has 1 saturated carbocycles. The molecule has 0 spiro atoms. The van der Waals surface area contributed by atoms with Gasteiger partial charge in [-0.2, -0.15) is 0 Å². The summed E-state index contributed by atoms with van der Waals surface area (Å²) in [7, 11) is 1.67. The highest BCUT2D eigenvalue weighted by Gasteiger charge is 2.54. The Balaban J connectivity index is 1.65. The van der Waals surface area contributed by atoms with E-state index in [1.54, 1.807) is 13.2 Å². The number of amides is 1. The Hall–Kier alpha value is -1.40. The smallest absolute Gasteiger partial charge is 0.273 e. The van der Waals surface area contributed by atoms with Crippen molar-refractivity contribution < 1.29 is 18.8 Å². The Morgan fingerprint density at radius 1 is 1.57 bits per heavy atom. The number of aromatic nitrogens is 1. The van der Waals surface area contributed by atoms with Crippen molar-refractivity contribution in [3.05, 3.63) is 17.5 Å². The number of nitrogens with zero attached hydrogens (tertiary/aromatic N) is 1. The fourth-order valence-corrected chi connectivity index (χ4v) is 3.33. The fourth-order valence-electron chi connectivity index (χ4n) is 3.33. The minimum absolute atomic E-state index is 0.101. The summed E-state index contributed by atoms with van der Waals surface area (Å²) in [6.45, 7) is 5.37. The van der Waals surface area contributed by atoms with E-state index < -0.39 is 0 Å². The van der Waals surface area contributed by atoms with Gasteiger partial charge in [0.1, 0.15) is 5.76 Å². The molecule has 21 heavy (non-hydrogen) atoms. The average molecular weight is 294 g/mol. The quantitative estimate of drug-likeness (QED) is 0.892. The molecule has 1 saturated heterocycles. The first-order valence-corrected chi connectivity index (χ1v) is 7.49. The first-order valence-electron chi connectivity index (χ1n) is 7.49. The molecule has 2 fully saturated rings. The molecular weight excluding hydrogens is 272 g/mol. The Morgan fingerprint density at radius 2 is 2.38 bits per heavy atom. The van der Waals surface area contributed by atoms with Crippen LogP contribution < -0.4 is 5.32 Å². The molecule has 0 unspecified atom stereocenters. The Bertz CT molecular complexity index is 514. The van der Waals surface area contributed by atoms with Gasteiger partial charge in [0.05, 0.1) is 12.7 Å². The summed E-state index contributed by atoms with van der Waals surface area (Å²) in [6.07, 6.45) is 1.21. The minimum Gasteiger partial charge on any atom is -0.384 e. The highest BCUT2D eigenvalue weighted by atomic mass is 16.5. The second-order valence-corrected chi connectivity index (χ2v) is 6.18. The van der Waals surface area contributed by atoms with Gasteiger partial charge in [-0.25, -0.2) is 0 Å². The molecular formula is C15H22N2O4. The van der Waals surface area contributed by atoms with E-state index in [9.17, 15) is 4.79 Å². The molecule has 3 rings (SSSR count). The Labute approximate surface area is 124 Å². The maximum atomic E-state index is 12.3. The van der Waals surface area contributed by atoms with Gasteiger partial charge >= 0.3 is 0 Å². The number of ether oxygens (including phenoxy) is 2. The SMILES string of the molecule is COC[C@@H]1[C@H](NC(=O)c2cc(C(C)C)on2)[C@@H]2CCO[C@H]12. The van der Waals surface area contributed by atoms with Crippen molar-refractivity contribution in [2.24, 2.45) is 11.8 Å². The van der Waals surface area contributed by atoms with E-state index in [0.29, 0.717) is 18.2 Å². The molecule has 1 aliphatic carbocycles. The summed E-state index contributed by atoms with van der Waals surface area (Å²) in [5.74, 6) is 1.39. The third-order valence-corrected chi connectivity index (χ3v) is 4.51. The van der Waals surface area contributed by atoms with Crippen molar-refractivity contribution >= 4 is 5.91 Å². The van der Waals surface area contributed by atoms with Crippen LogP contribution in [0.3, 0.4) is 0 Å². The number of carbonyl (C=O) groups excluding carboxylic acids is 1. The molecule has 0 radical (unpaired) electrons. The Kier molecular flexibility index (Phi) is 3.99. The topological polar surface area (TPSA) is 73.6 Å². The molecule has 0 aromatic carbocycles. The number of hydrogen-bond donors (Lipinski definition) is 1. The lowest BCUT2D eigenvalue weighted by Gasteiger charge is -2.47. The molecule has 0 bridgehead atoms. The van der Waals surface area contributed by atoms with Crippen molar-refractivity contribution in [1.82, 2.24) is 10.5 Å². The van der Waals surface area contributed by atoms with Gasteiger partial charge in [-0.3, -0.25) is 4.79 Å². The standard InChI is InChI=1S/C15H22N2O4/c1-8(2)12-6-11(17-21-12)15(18)16-13-9-4-5-20-14(9)10(13)7-19-3/h6,8-10,13-14H,4-5,7H2,1-3H3,(H,16,18)/t9-,10+,13+,14-/m0/s1. The van der Waals surface area contributed by atoms with Gasteiger partial charge in [0, 0.05) is 43.6 Å². The number of nitrogens with one attached hydrogen (secondary N) is 1. The molecule has 2 heterocycles. The first kappa shape index (κ1) is 14.5. The molecule has 1 N–H and O–H groups in total. The third-order valence-electron chi connectivity index (χ3n) is 4.51. The summed E-state index contributed by atoms with van der Waals surface area (Å²) < 4.78 is 16.1. The third kappa shape index (κ3) is 2.58. The van der Waals surface area contributed by atoms with Crippen LogP contribution in [-0.4, -0.2) is 43.5 Å². The molecule has 1 aliphatic heterocycles. The lowest BCUT2D eigenvalue weighted by atomic mass is 9.67. The van der Waals surface area contributed by atoms with Crippen LogP contribution in [0, 0.1) is 11.8 Å². The van der Waals surface area contributed by atoms with Crippen LogP contribution >= 0.6 is 0 Å². The number of hydrogen-bond acceptors (Lipinski definition) is 5. The first-order chi connectivity index (χ1) is 10.1. The highest BCUT2D eigenvalue weighted by molar-refractivity contribution is 5.92. The van der Waals surface area contributed by atoms with E-state index >= 15 is 0 Å². The summed E-state index contributed by atoms with van der Waals surface area (Å²) in [5.41, 5.74) is 0.345. The van der Waals surface area contributed by atoms with E-state index in [0.717, 1.165) is 18.8 Å². The second-order valence-electron chi connectivity index (χ2n) is 6.18. The number of methoxy groups -OCH3 is 1. The van der Waals surface area contributed by atoms with Crippen molar-refractivity contribution in [2.45, 2.75) is 38.3 Å². The fraction of sp³-hybridized carbons (Fsp3) is 0.733. The van der Waals surface area contributed by atoms with E-state index in [-0.39, 0.29) is 29.9 Å². The van der Waals surface area contributed by atoms with E-state index in [1.807, 2.05) is 13.8 Å². The van der Waals surface area contributed by atoms with Crippen LogP contribution in [0.25, 0.3) is 0 Å². The monoisotopic (exact) mass is 294 g/mol. The molecule has 116 valence electrons. The van der Waals surface area contributed by atoms with Crippen LogP contribution in [0.5, 0.6) is 0 Å². The zero-order valence-corrected chi connectivity index (χ0v) is 12.7. The van der Waals surface area contributed by atoms with Crippen LogP contribution in [0.2, 0.25) is 0 Å². The lowest BCUT2D eigenvalue weighted by Crippen LogP contribution is -2.62. The maximum Gasteiger partial charge on any atom is 0.273 e. The molecule has 1 aromatic heterocycles. The summed E-state index contributed by atoms with van der Waals surface area (Å²) in [4.78, 5) is 12.3. The predicted molar refractivity (Wildman–Crippen MR) is 75.1 cm³/mol. The largest absolute Gasteiger partial charge is 0.384 e. The van der Waals surface area contributed by atoms with Crippen molar-refractivity contribution in [3.63, 3.8) is 0 Å². The molecule has 6 nitrogen and oxygen atoms in total. The van der Waals surface area contributed by atoms with Crippen molar-refractivity contribution in [3.8, 4) is 0 Å². The number of fused-ring (bicyclic) bond motifs is 1. The zero-order chi connectivity index (χ0) is 15.0. The maximum absolute atomic E-state index is 12.3. The van der Waals surface area contributed by atoms with E-state index in [1.165, 1.54) is 0 Å². The van der Waals surface area contributed by atoms with Gasteiger partial charge in [0.25, 0.3) is 5.91 Å². The average Bonchev–Trinajstić information content (AvgIpc) is 3.09. The van der Waals surface area contributed by atoms with E-state index in [4.69, 9.17) is 14.0 Å². The predicted octanol–water partition coefficient (Wildman–Crippen LogP) is 1.58. The molecule has 1 aromatic rings. The molecule has 1 amide bonds. The van der Waals surface area contributed by atoms with Crippen molar-refractivity contribution in [2.75, 3.05) is 20.3 Å². The highest BCUT2D eigenvalue weighted by Crippen LogP contribution is 2.43. The van der Waals surface area contributed by atoms with Crippen LogP contribution in [0.15, 0.2) is 10.6 Å². The van der Waals surface area contributed by atoms with Crippen LogP contribution in [0.4, 0.5) is 0 Å². The molecule has 6 heteroatoms. The van der Waals surface area contributed by atoms with Gasteiger partial charge in [0.2, 0.25) is 0 Å². The van der Waals surface area contributed by atoms with Crippen molar-refractivity contribution in [1.29, 1.82) is 0 Å². The van der Waals surface area contributed by atoms with Gasteiger partial charge in [-0.15, -0.1) is 0 Å². The van der Waals surface area contributed by atoms with Crippen LogP contribution in [0.1, 0.15) is 42.4 Å². The molecule has 4 atom stereocenters. The van der Waals surface area contributed by atoms with Gasteiger partial charge < -0.3 is 19.3 Å². The van der Waals surface area contributed by atoms with Gasteiger partial charge in [-0.05, 0) is 6.42 Å². The second kappa shape index (κ2) is 5.77. The minimum atomic E-state index is -0.179. The van der Waals surface area contributed by atoms with Gasteiger partial charge in [0.15, 0.2) is 5.69 Å². The van der Waals surface area contributed by atoms with Gasteiger partial charge in [-0.1, -0.05) is 19.0 Å². The Morgan fingerprint density at radius 3 is 3.05 bits per heavy atom. The zero-order valence-electron chi connectivity index (χ0n) is 12.7.